The maximum atomic E-state index is 5.75. The van der Waals surface area contributed by atoms with Crippen molar-refractivity contribution in [1.29, 1.82) is 0 Å². The quantitative estimate of drug-likeness (QED) is 0.603. The molecule has 2 fully saturated rings. The molecule has 0 aromatic rings. The molecular weight excluding hydrogens is 162 g/mol. The van der Waals surface area contributed by atoms with Crippen LogP contribution in [-0.2, 0) is 4.74 Å². The summed E-state index contributed by atoms with van der Waals surface area (Å²) < 4.78 is 5.75. The predicted octanol–water partition coefficient (Wildman–Crippen LogP) is 1.34. The zero-order valence-corrected chi connectivity index (χ0v) is 7.69. The summed E-state index contributed by atoms with van der Waals surface area (Å²) >= 11 is 0. The van der Waals surface area contributed by atoms with Gasteiger partial charge in [0, 0.05) is 12.6 Å². The number of morpholine rings is 1. The molecule has 1 N–H and O–H groups in total. The molecule has 1 heterocycles. The van der Waals surface area contributed by atoms with Crippen LogP contribution in [-0.4, -0.2) is 24.8 Å². The van der Waals surface area contributed by atoms with Crippen molar-refractivity contribution in [1.82, 2.24) is 5.32 Å². The molecule has 1 unspecified atom stereocenters. The van der Waals surface area contributed by atoms with Crippen LogP contribution in [0.15, 0.2) is 0 Å². The van der Waals surface area contributed by atoms with Crippen molar-refractivity contribution >= 4 is 12.4 Å². The molecule has 1 saturated heterocycles. The molecule has 0 aromatic heterocycles. The summed E-state index contributed by atoms with van der Waals surface area (Å²) in [5.74, 6) is 0. The zero-order valence-electron chi connectivity index (χ0n) is 6.88. The van der Waals surface area contributed by atoms with E-state index in [1.807, 2.05) is 0 Å². The van der Waals surface area contributed by atoms with Crippen molar-refractivity contribution in [3.8, 4) is 0 Å². The maximum absolute atomic E-state index is 5.75. The van der Waals surface area contributed by atoms with E-state index >= 15 is 0 Å². The third-order valence-electron chi connectivity index (χ3n) is 2.53. The average Bonchev–Trinajstić information content (AvgIpc) is 2.33. The fourth-order valence-electron chi connectivity index (χ4n) is 1.99. The lowest BCUT2D eigenvalue weighted by Crippen LogP contribution is -2.48. The van der Waals surface area contributed by atoms with Crippen LogP contribution >= 0.6 is 12.4 Å². The van der Waals surface area contributed by atoms with Crippen molar-refractivity contribution in [2.75, 3.05) is 6.54 Å². The van der Waals surface area contributed by atoms with Gasteiger partial charge in [0.25, 0.3) is 0 Å². The summed E-state index contributed by atoms with van der Waals surface area (Å²) in [5, 5.41) is 3.51. The van der Waals surface area contributed by atoms with E-state index in [-0.39, 0.29) is 12.4 Å². The first-order valence-electron chi connectivity index (χ1n) is 4.25. The normalized spacial score (nSPS) is 42.8. The summed E-state index contributed by atoms with van der Waals surface area (Å²) in [4.78, 5) is 0. The third-order valence-corrected chi connectivity index (χ3v) is 2.53. The standard InChI is InChI=1S/C8H15NO.ClH/c1-6-5-9-7-3-2-4-8(7)10-6;/h6-9H,2-5H2,1H3;1H/t6?,7-,8-;/m1./s1. The van der Waals surface area contributed by atoms with Crippen molar-refractivity contribution in [2.24, 2.45) is 0 Å². The number of hydrogen-bond acceptors (Lipinski definition) is 2. The molecular formula is C8H16ClNO. The summed E-state index contributed by atoms with van der Waals surface area (Å²) in [6, 6.07) is 0.677. The third kappa shape index (κ3) is 1.86. The fourth-order valence-corrected chi connectivity index (χ4v) is 1.99. The number of nitrogens with one attached hydrogen (secondary N) is 1. The minimum Gasteiger partial charge on any atom is -0.372 e. The highest BCUT2D eigenvalue weighted by atomic mass is 35.5. The first-order valence-corrected chi connectivity index (χ1v) is 4.25. The first-order chi connectivity index (χ1) is 4.86. The van der Waals surface area contributed by atoms with E-state index in [1.165, 1.54) is 19.3 Å². The maximum Gasteiger partial charge on any atom is 0.0732 e. The summed E-state index contributed by atoms with van der Waals surface area (Å²) in [6.07, 6.45) is 4.89. The molecule has 2 rings (SSSR count). The van der Waals surface area contributed by atoms with E-state index in [0.29, 0.717) is 18.2 Å². The molecule has 1 saturated carbocycles. The van der Waals surface area contributed by atoms with Gasteiger partial charge in [-0.1, -0.05) is 0 Å². The summed E-state index contributed by atoms with van der Waals surface area (Å²) in [6.45, 7) is 3.18. The van der Waals surface area contributed by atoms with Gasteiger partial charge in [0.1, 0.15) is 0 Å². The molecule has 11 heavy (non-hydrogen) atoms. The second-order valence-electron chi connectivity index (χ2n) is 3.43. The molecule has 0 spiro atoms. The Balaban J connectivity index is 0.000000605. The van der Waals surface area contributed by atoms with Gasteiger partial charge in [-0.05, 0) is 26.2 Å². The van der Waals surface area contributed by atoms with E-state index in [0.717, 1.165) is 6.54 Å². The highest BCUT2D eigenvalue weighted by molar-refractivity contribution is 5.85. The van der Waals surface area contributed by atoms with Crippen LogP contribution in [0, 0.1) is 0 Å². The Morgan fingerprint density at radius 2 is 2.18 bits per heavy atom. The summed E-state index contributed by atoms with van der Waals surface area (Å²) in [5.41, 5.74) is 0. The molecule has 2 aliphatic rings. The second-order valence-corrected chi connectivity index (χ2v) is 3.43. The Morgan fingerprint density at radius 1 is 1.36 bits per heavy atom. The van der Waals surface area contributed by atoms with Gasteiger partial charge in [-0.15, -0.1) is 12.4 Å². The van der Waals surface area contributed by atoms with Crippen LogP contribution in [0.1, 0.15) is 26.2 Å². The van der Waals surface area contributed by atoms with Gasteiger partial charge < -0.3 is 10.1 Å². The van der Waals surface area contributed by atoms with Crippen LogP contribution in [0.25, 0.3) is 0 Å². The Kier molecular flexibility index (Phi) is 3.16. The molecule has 0 aromatic carbocycles. The Labute approximate surface area is 74.1 Å². The molecule has 3 atom stereocenters. The van der Waals surface area contributed by atoms with Crippen LogP contribution in [0.3, 0.4) is 0 Å². The molecule has 0 amide bonds. The number of halogens is 1. The summed E-state index contributed by atoms with van der Waals surface area (Å²) in [7, 11) is 0. The molecule has 1 aliphatic heterocycles. The molecule has 3 heteroatoms. The van der Waals surface area contributed by atoms with E-state index in [4.69, 9.17) is 4.74 Å². The first kappa shape index (κ1) is 9.30. The number of ether oxygens (including phenoxy) is 1. The van der Waals surface area contributed by atoms with Gasteiger partial charge >= 0.3 is 0 Å². The van der Waals surface area contributed by atoms with Crippen molar-refractivity contribution in [3.63, 3.8) is 0 Å². The van der Waals surface area contributed by atoms with E-state index in [1.54, 1.807) is 0 Å². The van der Waals surface area contributed by atoms with E-state index < -0.39 is 0 Å². The largest absolute Gasteiger partial charge is 0.372 e. The lowest BCUT2D eigenvalue weighted by Gasteiger charge is -2.31. The molecule has 1 aliphatic carbocycles. The van der Waals surface area contributed by atoms with Crippen molar-refractivity contribution in [2.45, 2.75) is 44.4 Å². The monoisotopic (exact) mass is 177 g/mol. The Hall–Kier alpha value is 0.210. The number of hydrogen-bond donors (Lipinski definition) is 1. The smallest absolute Gasteiger partial charge is 0.0732 e. The SMILES string of the molecule is CC1CN[C@@H]2CCC[C@H]2O1.Cl. The number of fused-ring (bicyclic) bond motifs is 1. The van der Waals surface area contributed by atoms with Gasteiger partial charge in [0.15, 0.2) is 0 Å². The van der Waals surface area contributed by atoms with Crippen LogP contribution in [0.5, 0.6) is 0 Å². The minimum absolute atomic E-state index is 0. The lowest BCUT2D eigenvalue weighted by molar-refractivity contribution is -0.0414. The Bertz CT molecular complexity index is 131. The van der Waals surface area contributed by atoms with Gasteiger partial charge in [-0.3, -0.25) is 0 Å². The average molecular weight is 178 g/mol. The predicted molar refractivity (Wildman–Crippen MR) is 47.2 cm³/mol. The molecule has 0 radical (unpaired) electrons. The van der Waals surface area contributed by atoms with Gasteiger partial charge in [0.2, 0.25) is 0 Å². The lowest BCUT2D eigenvalue weighted by atomic mass is 10.1. The molecule has 66 valence electrons. The second kappa shape index (κ2) is 3.74. The minimum atomic E-state index is 0. The zero-order chi connectivity index (χ0) is 6.97. The van der Waals surface area contributed by atoms with Crippen LogP contribution < -0.4 is 5.32 Å². The topological polar surface area (TPSA) is 21.3 Å². The van der Waals surface area contributed by atoms with E-state index in [9.17, 15) is 0 Å². The Morgan fingerprint density at radius 3 is 3.00 bits per heavy atom. The van der Waals surface area contributed by atoms with Crippen molar-refractivity contribution in [3.05, 3.63) is 0 Å². The molecule has 0 bridgehead atoms. The number of rotatable bonds is 0. The van der Waals surface area contributed by atoms with Gasteiger partial charge in [0.05, 0.1) is 12.2 Å². The fraction of sp³-hybridized carbons (Fsp3) is 1.00. The van der Waals surface area contributed by atoms with Gasteiger partial charge in [-0.25, -0.2) is 0 Å². The van der Waals surface area contributed by atoms with Crippen LogP contribution in [0.2, 0.25) is 0 Å². The van der Waals surface area contributed by atoms with Crippen LogP contribution in [0.4, 0.5) is 0 Å². The molecule has 2 nitrogen and oxygen atoms in total. The highest BCUT2D eigenvalue weighted by Crippen LogP contribution is 2.25. The highest BCUT2D eigenvalue weighted by Gasteiger charge is 2.32. The van der Waals surface area contributed by atoms with Gasteiger partial charge in [-0.2, -0.15) is 0 Å². The van der Waals surface area contributed by atoms with Crippen molar-refractivity contribution < 1.29 is 4.74 Å². The van der Waals surface area contributed by atoms with E-state index in [2.05, 4.69) is 12.2 Å².